The van der Waals surface area contributed by atoms with Gasteiger partial charge < -0.3 is 14.8 Å². The second-order valence-electron chi connectivity index (χ2n) is 6.00. The van der Waals surface area contributed by atoms with Crippen LogP contribution in [0.3, 0.4) is 0 Å². The van der Waals surface area contributed by atoms with Crippen LogP contribution in [0.1, 0.15) is 31.7 Å². The van der Waals surface area contributed by atoms with Crippen molar-refractivity contribution in [3.63, 3.8) is 0 Å². The van der Waals surface area contributed by atoms with Crippen LogP contribution in [0.2, 0.25) is 10.0 Å². The molecule has 7 heteroatoms. The fraction of sp³-hybridized carbons (Fsp3) is 0.300. The third kappa shape index (κ3) is 6.77. The molecule has 0 unspecified atom stereocenters. The van der Waals surface area contributed by atoms with Crippen LogP contribution < -0.4 is 10.1 Å². The van der Waals surface area contributed by atoms with Crippen LogP contribution in [-0.2, 0) is 14.3 Å². The van der Waals surface area contributed by atoms with Crippen molar-refractivity contribution in [2.45, 2.75) is 26.2 Å². The predicted octanol–water partition coefficient (Wildman–Crippen LogP) is 5.07. The van der Waals surface area contributed by atoms with Gasteiger partial charge in [0.2, 0.25) is 0 Å². The lowest BCUT2D eigenvalue weighted by molar-refractivity contribution is -0.149. The number of anilines is 1. The second-order valence-corrected chi connectivity index (χ2v) is 6.85. The van der Waals surface area contributed by atoms with E-state index in [2.05, 4.69) is 19.2 Å². The highest BCUT2D eigenvalue weighted by Gasteiger charge is 2.11. The molecule has 0 aromatic heterocycles. The highest BCUT2D eigenvalue weighted by molar-refractivity contribution is 6.35. The number of nitrogens with one attached hydrogen (secondary N) is 1. The van der Waals surface area contributed by atoms with E-state index in [1.165, 1.54) is 11.6 Å². The molecular weight excluding hydrogens is 389 g/mol. The van der Waals surface area contributed by atoms with Gasteiger partial charge in [0.15, 0.2) is 13.2 Å². The Bertz CT molecular complexity index is 793. The van der Waals surface area contributed by atoms with E-state index in [1.807, 2.05) is 24.3 Å². The Balaban J connectivity index is 1.75. The summed E-state index contributed by atoms with van der Waals surface area (Å²) in [5, 5.41) is 3.43. The van der Waals surface area contributed by atoms with E-state index in [9.17, 15) is 9.59 Å². The third-order valence-electron chi connectivity index (χ3n) is 3.98. The number of carbonyl (C=O) groups is 2. The SMILES string of the molecule is CC[C@H](C)c1ccc(NC(=O)COC(=O)COc2ccc(Cl)cc2Cl)cc1. The Morgan fingerprint density at radius 1 is 1.07 bits per heavy atom. The van der Waals surface area contributed by atoms with Crippen LogP contribution in [-0.4, -0.2) is 25.1 Å². The van der Waals surface area contributed by atoms with E-state index >= 15 is 0 Å². The first-order valence-electron chi connectivity index (χ1n) is 8.52. The van der Waals surface area contributed by atoms with Crippen LogP contribution in [0, 0.1) is 0 Å². The molecule has 5 nitrogen and oxygen atoms in total. The number of amides is 1. The van der Waals surface area contributed by atoms with Crippen molar-refractivity contribution >= 4 is 40.8 Å². The van der Waals surface area contributed by atoms with Gasteiger partial charge >= 0.3 is 5.97 Å². The lowest BCUT2D eigenvalue weighted by Gasteiger charge is -2.11. The maximum Gasteiger partial charge on any atom is 0.344 e. The normalized spacial score (nSPS) is 11.6. The number of carbonyl (C=O) groups excluding carboxylic acids is 2. The van der Waals surface area contributed by atoms with E-state index < -0.39 is 18.5 Å². The zero-order valence-electron chi connectivity index (χ0n) is 15.1. The van der Waals surface area contributed by atoms with Gasteiger partial charge in [0.1, 0.15) is 5.75 Å². The first-order valence-corrected chi connectivity index (χ1v) is 9.28. The Kier molecular flexibility index (Phi) is 7.95. The molecule has 1 amide bonds. The van der Waals surface area contributed by atoms with Crippen molar-refractivity contribution in [3.05, 3.63) is 58.1 Å². The van der Waals surface area contributed by atoms with Crippen molar-refractivity contribution < 1.29 is 19.1 Å². The van der Waals surface area contributed by atoms with E-state index in [1.54, 1.807) is 12.1 Å². The molecule has 2 aromatic rings. The fourth-order valence-electron chi connectivity index (χ4n) is 2.24. The van der Waals surface area contributed by atoms with E-state index in [4.69, 9.17) is 32.7 Å². The minimum Gasteiger partial charge on any atom is -0.480 e. The lowest BCUT2D eigenvalue weighted by Crippen LogP contribution is -2.23. The Labute approximate surface area is 168 Å². The summed E-state index contributed by atoms with van der Waals surface area (Å²) in [6, 6.07) is 12.2. The van der Waals surface area contributed by atoms with Crippen molar-refractivity contribution in [1.29, 1.82) is 0 Å². The summed E-state index contributed by atoms with van der Waals surface area (Å²) in [7, 11) is 0. The minimum absolute atomic E-state index is 0.286. The van der Waals surface area contributed by atoms with Gasteiger partial charge in [-0.25, -0.2) is 4.79 Å². The number of halogens is 2. The molecule has 0 heterocycles. The van der Waals surface area contributed by atoms with Gasteiger partial charge in [0.05, 0.1) is 5.02 Å². The summed E-state index contributed by atoms with van der Waals surface area (Å²) >= 11 is 11.7. The van der Waals surface area contributed by atoms with Crippen LogP contribution in [0.4, 0.5) is 5.69 Å². The smallest absolute Gasteiger partial charge is 0.344 e. The van der Waals surface area contributed by atoms with Gasteiger partial charge in [-0.05, 0) is 48.2 Å². The van der Waals surface area contributed by atoms with Gasteiger partial charge in [-0.15, -0.1) is 0 Å². The predicted molar refractivity (Wildman–Crippen MR) is 107 cm³/mol. The monoisotopic (exact) mass is 409 g/mol. The molecule has 0 aliphatic carbocycles. The molecule has 0 spiro atoms. The molecule has 2 rings (SSSR count). The van der Waals surface area contributed by atoms with Crippen LogP contribution in [0.15, 0.2) is 42.5 Å². The van der Waals surface area contributed by atoms with E-state index in [0.29, 0.717) is 22.4 Å². The summed E-state index contributed by atoms with van der Waals surface area (Å²) in [5.74, 6) is -0.332. The number of hydrogen-bond acceptors (Lipinski definition) is 4. The number of rotatable bonds is 8. The minimum atomic E-state index is -0.678. The highest BCUT2D eigenvalue weighted by Crippen LogP contribution is 2.27. The third-order valence-corrected chi connectivity index (χ3v) is 4.51. The maximum absolute atomic E-state index is 11.9. The number of esters is 1. The van der Waals surface area contributed by atoms with Crippen molar-refractivity contribution in [2.24, 2.45) is 0 Å². The molecule has 2 aromatic carbocycles. The summed E-state index contributed by atoms with van der Waals surface area (Å²) in [5.41, 5.74) is 1.85. The highest BCUT2D eigenvalue weighted by atomic mass is 35.5. The van der Waals surface area contributed by atoms with E-state index in [-0.39, 0.29) is 11.6 Å². The number of benzene rings is 2. The molecular formula is C20H21Cl2NO4. The van der Waals surface area contributed by atoms with Gasteiger partial charge in [-0.3, -0.25) is 4.79 Å². The van der Waals surface area contributed by atoms with Crippen molar-refractivity contribution in [2.75, 3.05) is 18.5 Å². The maximum atomic E-state index is 11.9. The summed E-state index contributed by atoms with van der Waals surface area (Å²) in [4.78, 5) is 23.6. The summed E-state index contributed by atoms with van der Waals surface area (Å²) in [6.45, 7) is 3.51. The molecule has 0 aliphatic rings. The van der Waals surface area contributed by atoms with Crippen molar-refractivity contribution in [3.8, 4) is 5.75 Å². The molecule has 0 saturated carbocycles. The largest absolute Gasteiger partial charge is 0.480 e. The van der Waals surface area contributed by atoms with E-state index in [0.717, 1.165) is 6.42 Å². The lowest BCUT2D eigenvalue weighted by atomic mass is 9.99. The molecule has 0 aliphatic heterocycles. The molecule has 0 fully saturated rings. The molecule has 1 N–H and O–H groups in total. The Morgan fingerprint density at radius 2 is 1.78 bits per heavy atom. The molecule has 144 valence electrons. The zero-order valence-corrected chi connectivity index (χ0v) is 16.6. The number of hydrogen-bond donors (Lipinski definition) is 1. The van der Waals surface area contributed by atoms with Crippen LogP contribution >= 0.6 is 23.2 Å². The average molecular weight is 410 g/mol. The average Bonchev–Trinajstić information content (AvgIpc) is 2.65. The molecule has 0 bridgehead atoms. The zero-order chi connectivity index (χ0) is 19.8. The van der Waals surface area contributed by atoms with Gasteiger partial charge in [-0.1, -0.05) is 49.2 Å². The van der Waals surface area contributed by atoms with Crippen molar-refractivity contribution in [1.82, 2.24) is 0 Å². The van der Waals surface area contributed by atoms with Gasteiger partial charge in [0, 0.05) is 10.7 Å². The molecule has 27 heavy (non-hydrogen) atoms. The van der Waals surface area contributed by atoms with Gasteiger partial charge in [-0.2, -0.15) is 0 Å². The summed E-state index contributed by atoms with van der Waals surface area (Å²) < 4.78 is 10.1. The Hall–Kier alpha value is -2.24. The topological polar surface area (TPSA) is 64.6 Å². The van der Waals surface area contributed by atoms with Crippen LogP contribution in [0.25, 0.3) is 0 Å². The second kappa shape index (κ2) is 10.2. The first kappa shape index (κ1) is 21.1. The quantitative estimate of drug-likeness (QED) is 0.618. The number of ether oxygens (including phenoxy) is 2. The van der Waals surface area contributed by atoms with Crippen LogP contribution in [0.5, 0.6) is 5.75 Å². The molecule has 0 saturated heterocycles. The molecule has 1 atom stereocenters. The van der Waals surface area contributed by atoms with Gasteiger partial charge in [0.25, 0.3) is 5.91 Å². The Morgan fingerprint density at radius 3 is 2.41 bits per heavy atom. The standard InChI is InChI=1S/C20H21Cl2NO4/c1-3-13(2)14-4-7-16(8-5-14)23-19(24)11-27-20(25)12-26-18-9-6-15(21)10-17(18)22/h4-10,13H,3,11-12H2,1-2H3,(H,23,24)/t13-/m0/s1. The molecule has 0 radical (unpaired) electrons. The fourth-order valence-corrected chi connectivity index (χ4v) is 2.71. The first-order chi connectivity index (χ1) is 12.9. The summed E-state index contributed by atoms with van der Waals surface area (Å²) in [6.07, 6.45) is 1.05.